The summed E-state index contributed by atoms with van der Waals surface area (Å²) in [7, 11) is 1.83. The van der Waals surface area contributed by atoms with Gasteiger partial charge in [0.2, 0.25) is 0 Å². The third kappa shape index (κ3) is 3.78. The molecule has 0 bridgehead atoms. The van der Waals surface area contributed by atoms with Gasteiger partial charge in [0.25, 0.3) is 0 Å². The van der Waals surface area contributed by atoms with Crippen LogP contribution in [-0.4, -0.2) is 9.78 Å². The Morgan fingerprint density at radius 3 is 2.67 bits per heavy atom. The first-order chi connectivity index (χ1) is 8.15. The lowest BCUT2D eigenvalue weighted by Gasteiger charge is -2.04. The Bertz CT molecular complexity index is 514. The third-order valence-corrected chi connectivity index (χ3v) is 2.40. The Morgan fingerprint density at radius 2 is 2.00 bits per heavy atom. The second kappa shape index (κ2) is 6.47. The van der Waals surface area contributed by atoms with Crippen molar-refractivity contribution in [3.8, 4) is 0 Å². The van der Waals surface area contributed by atoms with E-state index in [9.17, 15) is 8.78 Å². The molecule has 0 spiro atoms. The minimum atomic E-state index is -0.430. The summed E-state index contributed by atoms with van der Waals surface area (Å²) in [5.74, 6) is -0.832. The number of benzene rings is 1. The van der Waals surface area contributed by atoms with Crippen molar-refractivity contribution in [1.82, 2.24) is 15.1 Å². The predicted octanol–water partition coefficient (Wildman–Crippen LogP) is 2.41. The molecular formula is C12H14ClF2N3. The molecule has 18 heavy (non-hydrogen) atoms. The van der Waals surface area contributed by atoms with E-state index >= 15 is 0 Å². The van der Waals surface area contributed by atoms with E-state index in [1.54, 1.807) is 4.68 Å². The van der Waals surface area contributed by atoms with Crippen molar-refractivity contribution in [1.29, 1.82) is 0 Å². The van der Waals surface area contributed by atoms with Gasteiger partial charge in [-0.2, -0.15) is 5.10 Å². The maximum Gasteiger partial charge on any atom is 0.127 e. The van der Waals surface area contributed by atoms with Crippen LogP contribution >= 0.6 is 12.4 Å². The van der Waals surface area contributed by atoms with Crippen molar-refractivity contribution in [3.05, 3.63) is 53.4 Å². The molecule has 0 saturated heterocycles. The summed E-state index contributed by atoms with van der Waals surface area (Å²) >= 11 is 0. The van der Waals surface area contributed by atoms with Crippen molar-refractivity contribution < 1.29 is 8.78 Å². The largest absolute Gasteiger partial charge is 0.307 e. The van der Waals surface area contributed by atoms with Crippen LogP contribution in [0.4, 0.5) is 8.78 Å². The van der Waals surface area contributed by atoms with Crippen molar-refractivity contribution in [2.45, 2.75) is 13.1 Å². The number of hydrogen-bond donors (Lipinski definition) is 1. The molecule has 0 aliphatic heterocycles. The number of nitrogens with one attached hydrogen (secondary N) is 1. The zero-order chi connectivity index (χ0) is 12.3. The van der Waals surface area contributed by atoms with E-state index in [0.29, 0.717) is 12.1 Å². The summed E-state index contributed by atoms with van der Waals surface area (Å²) in [5, 5.41) is 7.19. The molecule has 6 heteroatoms. The van der Waals surface area contributed by atoms with Gasteiger partial charge in [0, 0.05) is 31.9 Å². The summed E-state index contributed by atoms with van der Waals surface area (Å²) in [6, 6.07) is 5.31. The highest BCUT2D eigenvalue weighted by Crippen LogP contribution is 2.09. The van der Waals surface area contributed by atoms with Crippen LogP contribution in [-0.2, 0) is 20.1 Å². The van der Waals surface area contributed by atoms with Crippen LogP contribution in [0.2, 0.25) is 0 Å². The molecule has 1 N–H and O–H groups in total. The summed E-state index contributed by atoms with van der Waals surface area (Å²) < 4.78 is 27.9. The second-order valence-corrected chi connectivity index (χ2v) is 3.82. The molecule has 0 aliphatic carbocycles. The molecule has 0 atom stereocenters. The van der Waals surface area contributed by atoms with Crippen molar-refractivity contribution >= 4 is 12.4 Å². The number of nitrogens with zero attached hydrogens (tertiary/aromatic N) is 2. The van der Waals surface area contributed by atoms with Crippen LogP contribution < -0.4 is 5.32 Å². The monoisotopic (exact) mass is 273 g/mol. The van der Waals surface area contributed by atoms with Crippen LogP contribution in [0, 0.1) is 11.6 Å². The third-order valence-electron chi connectivity index (χ3n) is 2.40. The van der Waals surface area contributed by atoms with Crippen LogP contribution in [0.3, 0.4) is 0 Å². The zero-order valence-corrected chi connectivity index (χ0v) is 10.7. The Labute approximate surface area is 110 Å². The van der Waals surface area contributed by atoms with E-state index < -0.39 is 11.6 Å². The first kappa shape index (κ1) is 14.6. The average Bonchev–Trinajstić information content (AvgIpc) is 2.69. The fourth-order valence-electron chi connectivity index (χ4n) is 1.56. The summed E-state index contributed by atoms with van der Waals surface area (Å²) in [6.07, 6.45) is 1.83. The Hall–Kier alpha value is -1.46. The molecule has 0 unspecified atom stereocenters. The van der Waals surface area contributed by atoms with Gasteiger partial charge in [0.15, 0.2) is 0 Å². The normalized spacial score (nSPS) is 10.2. The molecular weight excluding hydrogens is 260 g/mol. The molecule has 98 valence electrons. The molecule has 3 nitrogen and oxygen atoms in total. The number of rotatable bonds is 4. The van der Waals surface area contributed by atoms with Gasteiger partial charge in [-0.15, -0.1) is 12.4 Å². The van der Waals surface area contributed by atoms with Gasteiger partial charge in [-0.1, -0.05) is 0 Å². The van der Waals surface area contributed by atoms with Gasteiger partial charge in [-0.25, -0.2) is 8.78 Å². The van der Waals surface area contributed by atoms with E-state index in [1.165, 1.54) is 6.07 Å². The highest BCUT2D eigenvalue weighted by atomic mass is 35.5. The Balaban J connectivity index is 0.00000162. The lowest BCUT2D eigenvalue weighted by molar-refractivity contribution is 0.566. The van der Waals surface area contributed by atoms with Crippen LogP contribution in [0.25, 0.3) is 0 Å². The van der Waals surface area contributed by atoms with Crippen LogP contribution in [0.15, 0.2) is 30.5 Å². The molecule has 0 saturated carbocycles. The van der Waals surface area contributed by atoms with Gasteiger partial charge in [-0.3, -0.25) is 4.68 Å². The molecule has 2 aromatic rings. The lowest BCUT2D eigenvalue weighted by Crippen LogP contribution is -2.14. The van der Waals surface area contributed by atoms with E-state index in [0.717, 1.165) is 17.8 Å². The molecule has 2 rings (SSSR count). The summed E-state index contributed by atoms with van der Waals surface area (Å²) in [4.78, 5) is 0. The smallest absolute Gasteiger partial charge is 0.127 e. The van der Waals surface area contributed by atoms with Crippen molar-refractivity contribution in [3.63, 3.8) is 0 Å². The van der Waals surface area contributed by atoms with Gasteiger partial charge in [-0.05, 0) is 24.3 Å². The van der Waals surface area contributed by atoms with Crippen LogP contribution in [0.1, 0.15) is 11.3 Å². The fourth-order valence-corrected chi connectivity index (χ4v) is 1.56. The molecule has 1 heterocycles. The zero-order valence-electron chi connectivity index (χ0n) is 9.86. The van der Waals surface area contributed by atoms with E-state index in [4.69, 9.17) is 0 Å². The molecule has 1 aromatic heterocycles. The first-order valence-electron chi connectivity index (χ1n) is 5.28. The Kier molecular flexibility index (Phi) is 5.25. The first-order valence-corrected chi connectivity index (χ1v) is 5.28. The van der Waals surface area contributed by atoms with Gasteiger partial charge < -0.3 is 5.32 Å². The minimum absolute atomic E-state index is 0. The van der Waals surface area contributed by atoms with E-state index in [-0.39, 0.29) is 19.0 Å². The topological polar surface area (TPSA) is 29.9 Å². The molecule has 0 amide bonds. The van der Waals surface area contributed by atoms with E-state index in [1.807, 2.05) is 19.3 Å². The number of aromatic nitrogens is 2. The molecule has 0 aliphatic rings. The quantitative estimate of drug-likeness (QED) is 0.927. The SMILES string of the molecule is Cl.Cn1ccc(CNCc2cc(F)ccc2F)n1. The Morgan fingerprint density at radius 1 is 1.22 bits per heavy atom. The van der Waals surface area contributed by atoms with Crippen LogP contribution in [0.5, 0.6) is 0 Å². The maximum absolute atomic E-state index is 13.3. The van der Waals surface area contributed by atoms with Gasteiger partial charge >= 0.3 is 0 Å². The highest BCUT2D eigenvalue weighted by molar-refractivity contribution is 5.85. The molecule has 1 aromatic carbocycles. The summed E-state index contributed by atoms with van der Waals surface area (Å²) in [5.41, 5.74) is 1.19. The minimum Gasteiger partial charge on any atom is -0.307 e. The van der Waals surface area contributed by atoms with E-state index in [2.05, 4.69) is 10.4 Å². The standard InChI is InChI=1S/C12H13F2N3.ClH/c1-17-5-4-11(16-17)8-15-7-9-6-10(13)2-3-12(9)14;/h2-6,15H,7-8H2,1H3;1H. The average molecular weight is 274 g/mol. The summed E-state index contributed by atoms with van der Waals surface area (Å²) in [6.45, 7) is 0.803. The number of halogens is 3. The lowest BCUT2D eigenvalue weighted by atomic mass is 10.2. The van der Waals surface area contributed by atoms with Gasteiger partial charge in [0.1, 0.15) is 11.6 Å². The maximum atomic E-state index is 13.3. The molecule has 0 fully saturated rings. The molecule has 0 radical (unpaired) electrons. The van der Waals surface area contributed by atoms with Crippen molar-refractivity contribution in [2.75, 3.05) is 0 Å². The van der Waals surface area contributed by atoms with Crippen molar-refractivity contribution in [2.24, 2.45) is 7.05 Å². The second-order valence-electron chi connectivity index (χ2n) is 3.82. The predicted molar refractivity (Wildman–Crippen MR) is 67.4 cm³/mol. The van der Waals surface area contributed by atoms with Gasteiger partial charge in [0.05, 0.1) is 5.69 Å². The fraction of sp³-hybridized carbons (Fsp3) is 0.250. The highest BCUT2D eigenvalue weighted by Gasteiger charge is 2.03. The number of hydrogen-bond acceptors (Lipinski definition) is 2. The number of aryl methyl sites for hydroxylation is 1.